The average molecular weight is 268 g/mol. The summed E-state index contributed by atoms with van der Waals surface area (Å²) in [6.07, 6.45) is 0.447. The predicted octanol–water partition coefficient (Wildman–Crippen LogP) is 1.27. The molecule has 1 amide bonds. The van der Waals surface area contributed by atoms with Crippen molar-refractivity contribution in [1.29, 1.82) is 0 Å². The third kappa shape index (κ3) is 3.51. The minimum absolute atomic E-state index is 0.00419. The number of rotatable bonds is 6. The van der Waals surface area contributed by atoms with Gasteiger partial charge in [0.2, 0.25) is 5.91 Å². The van der Waals surface area contributed by atoms with Crippen LogP contribution in [0.4, 0.5) is 4.39 Å². The first-order valence-electron chi connectivity index (χ1n) is 5.87. The van der Waals surface area contributed by atoms with E-state index >= 15 is 0 Å². The molecular formula is C13H17FN2O3. The van der Waals surface area contributed by atoms with Crippen molar-refractivity contribution in [2.75, 3.05) is 0 Å². The minimum atomic E-state index is -1.13. The lowest BCUT2D eigenvalue weighted by Crippen LogP contribution is -2.52. The summed E-state index contributed by atoms with van der Waals surface area (Å²) in [6, 6.07) is 3.52. The van der Waals surface area contributed by atoms with E-state index in [9.17, 15) is 14.0 Å². The highest BCUT2D eigenvalue weighted by molar-refractivity contribution is 5.87. The lowest BCUT2D eigenvalue weighted by atomic mass is 9.97. The highest BCUT2D eigenvalue weighted by Crippen LogP contribution is 2.14. The maximum absolute atomic E-state index is 13.6. The second kappa shape index (κ2) is 5.79. The van der Waals surface area contributed by atoms with E-state index in [0.717, 1.165) is 6.07 Å². The first-order valence-corrected chi connectivity index (χ1v) is 5.87. The lowest BCUT2D eigenvalue weighted by Gasteiger charge is -2.26. The Balaban J connectivity index is 2.91. The molecule has 0 bridgehead atoms. The number of primary amides is 1. The zero-order valence-electron chi connectivity index (χ0n) is 10.9. The molecular weight excluding hydrogens is 251 g/mol. The second-order valence-electron chi connectivity index (χ2n) is 4.51. The molecule has 0 aliphatic heterocycles. The Labute approximate surface area is 110 Å². The number of halogens is 1. The summed E-state index contributed by atoms with van der Waals surface area (Å²) in [5, 5.41) is 11.7. The Morgan fingerprint density at radius 1 is 1.47 bits per heavy atom. The number of nitrogens with one attached hydrogen (secondary N) is 1. The molecule has 104 valence electrons. The maximum Gasteiger partial charge on any atom is 0.335 e. The van der Waals surface area contributed by atoms with Crippen molar-refractivity contribution in [2.24, 2.45) is 5.73 Å². The minimum Gasteiger partial charge on any atom is -0.478 e. The van der Waals surface area contributed by atoms with Gasteiger partial charge in [0.05, 0.1) is 11.1 Å². The highest BCUT2D eigenvalue weighted by atomic mass is 19.1. The molecule has 0 fully saturated rings. The molecule has 4 N–H and O–H groups in total. The molecule has 0 aliphatic rings. The number of carboxylic acids is 1. The van der Waals surface area contributed by atoms with Crippen LogP contribution in [0.1, 0.15) is 36.2 Å². The summed E-state index contributed by atoms with van der Waals surface area (Å²) in [6.45, 7) is 3.43. The van der Waals surface area contributed by atoms with Crippen LogP contribution in [0.25, 0.3) is 0 Å². The fourth-order valence-corrected chi connectivity index (χ4v) is 1.52. The van der Waals surface area contributed by atoms with Crippen LogP contribution in [0.2, 0.25) is 0 Å². The Morgan fingerprint density at radius 2 is 2.11 bits per heavy atom. The summed E-state index contributed by atoms with van der Waals surface area (Å²) in [5.41, 5.74) is 4.50. The topological polar surface area (TPSA) is 92.4 Å². The molecule has 0 radical (unpaired) electrons. The van der Waals surface area contributed by atoms with E-state index in [2.05, 4.69) is 5.32 Å². The van der Waals surface area contributed by atoms with Crippen LogP contribution in [0.15, 0.2) is 18.2 Å². The maximum atomic E-state index is 13.6. The molecule has 1 aromatic rings. The fraction of sp³-hybridized carbons (Fsp3) is 0.385. The summed E-state index contributed by atoms with van der Waals surface area (Å²) < 4.78 is 13.6. The first-order chi connectivity index (χ1) is 8.80. The van der Waals surface area contributed by atoms with Gasteiger partial charge in [-0.15, -0.1) is 0 Å². The molecule has 19 heavy (non-hydrogen) atoms. The monoisotopic (exact) mass is 268 g/mol. The van der Waals surface area contributed by atoms with Crippen LogP contribution >= 0.6 is 0 Å². The van der Waals surface area contributed by atoms with Gasteiger partial charge in [0.25, 0.3) is 0 Å². The number of carbonyl (C=O) groups is 2. The van der Waals surface area contributed by atoms with Gasteiger partial charge in [-0.1, -0.05) is 6.92 Å². The molecule has 1 atom stereocenters. The predicted molar refractivity (Wildman–Crippen MR) is 68.1 cm³/mol. The molecule has 0 saturated heterocycles. The third-order valence-electron chi connectivity index (χ3n) is 3.21. The zero-order valence-corrected chi connectivity index (χ0v) is 10.9. The fourth-order valence-electron chi connectivity index (χ4n) is 1.52. The molecule has 5 nitrogen and oxygen atoms in total. The van der Waals surface area contributed by atoms with Gasteiger partial charge in [0, 0.05) is 12.1 Å². The Hall–Kier alpha value is -1.95. The Kier molecular flexibility index (Phi) is 4.61. The molecule has 0 heterocycles. The van der Waals surface area contributed by atoms with Gasteiger partial charge < -0.3 is 10.8 Å². The van der Waals surface area contributed by atoms with Crippen molar-refractivity contribution in [3.05, 3.63) is 35.1 Å². The summed E-state index contributed by atoms with van der Waals surface area (Å²) in [5.74, 6) is -2.19. The van der Waals surface area contributed by atoms with Gasteiger partial charge in [0.15, 0.2) is 0 Å². The van der Waals surface area contributed by atoms with Crippen LogP contribution in [0.5, 0.6) is 0 Å². The Morgan fingerprint density at radius 3 is 2.58 bits per heavy atom. The number of aromatic carboxylic acids is 1. The third-order valence-corrected chi connectivity index (χ3v) is 3.21. The molecule has 1 aromatic carbocycles. The van der Waals surface area contributed by atoms with Gasteiger partial charge >= 0.3 is 5.97 Å². The van der Waals surface area contributed by atoms with Crippen LogP contribution in [-0.4, -0.2) is 22.5 Å². The molecule has 0 saturated carbocycles. The van der Waals surface area contributed by atoms with Crippen molar-refractivity contribution >= 4 is 11.9 Å². The van der Waals surface area contributed by atoms with E-state index in [1.165, 1.54) is 12.1 Å². The molecule has 0 spiro atoms. The molecule has 1 unspecified atom stereocenters. The SMILES string of the molecule is CCC(C)(NCc1cc(C(=O)O)ccc1F)C(N)=O. The van der Waals surface area contributed by atoms with Gasteiger partial charge in [0.1, 0.15) is 5.82 Å². The van der Waals surface area contributed by atoms with Crippen molar-refractivity contribution < 1.29 is 19.1 Å². The van der Waals surface area contributed by atoms with Gasteiger partial charge in [-0.05, 0) is 31.5 Å². The zero-order chi connectivity index (χ0) is 14.6. The number of nitrogens with two attached hydrogens (primary N) is 1. The van der Waals surface area contributed by atoms with Crippen LogP contribution in [0, 0.1) is 5.82 Å². The molecule has 0 aromatic heterocycles. The number of carboxylic acid groups (broad SMARTS) is 1. The second-order valence-corrected chi connectivity index (χ2v) is 4.51. The number of carbonyl (C=O) groups excluding carboxylic acids is 1. The van der Waals surface area contributed by atoms with E-state index in [4.69, 9.17) is 10.8 Å². The molecule has 1 rings (SSSR count). The van der Waals surface area contributed by atoms with E-state index in [1.807, 2.05) is 0 Å². The van der Waals surface area contributed by atoms with Crippen molar-refractivity contribution in [2.45, 2.75) is 32.4 Å². The van der Waals surface area contributed by atoms with Gasteiger partial charge in [-0.3, -0.25) is 10.1 Å². The normalized spacial score (nSPS) is 13.8. The van der Waals surface area contributed by atoms with Gasteiger partial charge in [-0.25, -0.2) is 9.18 Å². The number of hydrogen-bond donors (Lipinski definition) is 3. The van der Waals surface area contributed by atoms with E-state index in [0.29, 0.717) is 6.42 Å². The Bertz CT molecular complexity index is 505. The lowest BCUT2D eigenvalue weighted by molar-refractivity contribution is -0.124. The van der Waals surface area contributed by atoms with E-state index < -0.39 is 23.2 Å². The summed E-state index contributed by atoms with van der Waals surface area (Å²) in [4.78, 5) is 22.1. The molecule has 6 heteroatoms. The van der Waals surface area contributed by atoms with Crippen molar-refractivity contribution in [1.82, 2.24) is 5.32 Å². The number of hydrogen-bond acceptors (Lipinski definition) is 3. The largest absolute Gasteiger partial charge is 0.478 e. The molecule has 0 aliphatic carbocycles. The van der Waals surface area contributed by atoms with Crippen molar-refractivity contribution in [3.8, 4) is 0 Å². The number of benzene rings is 1. The van der Waals surface area contributed by atoms with Gasteiger partial charge in [-0.2, -0.15) is 0 Å². The van der Waals surface area contributed by atoms with E-state index in [-0.39, 0.29) is 17.7 Å². The smallest absolute Gasteiger partial charge is 0.335 e. The van der Waals surface area contributed by atoms with E-state index in [1.54, 1.807) is 13.8 Å². The first kappa shape index (κ1) is 15.1. The van der Waals surface area contributed by atoms with Crippen LogP contribution in [-0.2, 0) is 11.3 Å². The summed E-state index contributed by atoms with van der Waals surface area (Å²) in [7, 11) is 0. The summed E-state index contributed by atoms with van der Waals surface area (Å²) >= 11 is 0. The standard InChI is InChI=1S/C13H17FN2O3/c1-3-13(2,12(15)19)16-7-9-6-8(11(17)18)4-5-10(9)14/h4-6,16H,3,7H2,1-2H3,(H2,15,19)(H,17,18). The quantitative estimate of drug-likeness (QED) is 0.724. The average Bonchev–Trinajstić information content (AvgIpc) is 2.36. The van der Waals surface area contributed by atoms with Crippen LogP contribution in [0.3, 0.4) is 0 Å². The number of amides is 1. The van der Waals surface area contributed by atoms with Crippen molar-refractivity contribution in [3.63, 3.8) is 0 Å². The van der Waals surface area contributed by atoms with Crippen LogP contribution < -0.4 is 11.1 Å². The highest BCUT2D eigenvalue weighted by Gasteiger charge is 2.28.